The van der Waals surface area contributed by atoms with Crippen LogP contribution in [0.25, 0.3) is 6.08 Å². The number of alkyl halides is 3. The van der Waals surface area contributed by atoms with Crippen LogP contribution in [-0.2, 0) is 15.8 Å². The van der Waals surface area contributed by atoms with Crippen LogP contribution in [0.3, 0.4) is 0 Å². The molecule has 2 aromatic carbocycles. The largest absolute Gasteiger partial charge is 0.493 e. The Kier molecular flexibility index (Phi) is 5.50. The second-order valence-corrected chi connectivity index (χ2v) is 6.12. The third kappa shape index (κ3) is 3.97. The molecule has 0 aliphatic carbocycles. The molecule has 0 bridgehead atoms. The van der Waals surface area contributed by atoms with Crippen LogP contribution in [0.15, 0.2) is 48.0 Å². The van der Waals surface area contributed by atoms with Crippen molar-refractivity contribution in [1.29, 1.82) is 0 Å². The van der Waals surface area contributed by atoms with Crippen molar-refractivity contribution < 1.29 is 37.0 Å². The minimum Gasteiger partial charge on any atom is -0.493 e. The Morgan fingerprint density at radius 3 is 2.30 bits per heavy atom. The van der Waals surface area contributed by atoms with E-state index in [9.17, 15) is 27.6 Å². The van der Waals surface area contributed by atoms with E-state index in [4.69, 9.17) is 9.47 Å². The van der Waals surface area contributed by atoms with Crippen LogP contribution in [0.2, 0.25) is 0 Å². The molecule has 10 heteroatoms. The van der Waals surface area contributed by atoms with E-state index in [-0.39, 0.29) is 5.69 Å². The number of ether oxygens (including phenoxy) is 2. The summed E-state index contributed by atoms with van der Waals surface area (Å²) in [5, 5.41) is 1.96. The zero-order valence-electron chi connectivity index (χ0n) is 15.7. The molecule has 4 amide bonds. The van der Waals surface area contributed by atoms with Gasteiger partial charge in [-0.05, 0) is 42.0 Å². The van der Waals surface area contributed by atoms with Crippen LogP contribution in [0.5, 0.6) is 11.5 Å². The third-order valence-corrected chi connectivity index (χ3v) is 4.25. The number of benzene rings is 2. The molecular formula is C20H15F3N2O5. The van der Waals surface area contributed by atoms with E-state index in [2.05, 4.69) is 0 Å². The van der Waals surface area contributed by atoms with Crippen molar-refractivity contribution in [1.82, 2.24) is 5.32 Å². The fourth-order valence-electron chi connectivity index (χ4n) is 2.82. The number of nitrogens with one attached hydrogen (secondary N) is 1. The van der Waals surface area contributed by atoms with E-state index in [1.165, 1.54) is 26.4 Å². The molecule has 1 heterocycles. The van der Waals surface area contributed by atoms with E-state index < -0.39 is 35.2 Å². The summed E-state index contributed by atoms with van der Waals surface area (Å²) in [6.07, 6.45) is -3.47. The monoisotopic (exact) mass is 420 g/mol. The van der Waals surface area contributed by atoms with Gasteiger partial charge in [-0.1, -0.05) is 12.1 Å². The maximum Gasteiger partial charge on any atom is 0.416 e. The molecule has 3 rings (SSSR count). The first-order chi connectivity index (χ1) is 14.2. The highest BCUT2D eigenvalue weighted by Gasteiger charge is 2.38. The van der Waals surface area contributed by atoms with Gasteiger partial charge in [-0.3, -0.25) is 14.9 Å². The van der Waals surface area contributed by atoms with Gasteiger partial charge in [0, 0.05) is 0 Å². The molecule has 0 unspecified atom stereocenters. The number of halogens is 3. The Morgan fingerprint density at radius 2 is 1.67 bits per heavy atom. The number of carbonyl (C=O) groups is 3. The zero-order chi connectivity index (χ0) is 22.1. The number of nitrogens with zero attached hydrogens (tertiary/aromatic N) is 1. The molecular weight excluding hydrogens is 405 g/mol. The quantitative estimate of drug-likeness (QED) is 0.606. The van der Waals surface area contributed by atoms with Gasteiger partial charge in [-0.2, -0.15) is 13.2 Å². The van der Waals surface area contributed by atoms with Crippen LogP contribution < -0.4 is 19.7 Å². The first kappa shape index (κ1) is 20.9. The van der Waals surface area contributed by atoms with Gasteiger partial charge in [-0.15, -0.1) is 0 Å². The van der Waals surface area contributed by atoms with Gasteiger partial charge < -0.3 is 9.47 Å². The lowest BCUT2D eigenvalue weighted by Crippen LogP contribution is -2.54. The number of anilines is 1. The van der Waals surface area contributed by atoms with Gasteiger partial charge in [-0.25, -0.2) is 9.69 Å². The maximum absolute atomic E-state index is 13.0. The molecule has 30 heavy (non-hydrogen) atoms. The molecule has 2 aromatic rings. The summed E-state index contributed by atoms with van der Waals surface area (Å²) in [6.45, 7) is 0. The lowest BCUT2D eigenvalue weighted by atomic mass is 10.1. The van der Waals surface area contributed by atoms with Gasteiger partial charge in [0.05, 0.1) is 25.5 Å². The van der Waals surface area contributed by atoms with Crippen LogP contribution in [-0.4, -0.2) is 32.1 Å². The van der Waals surface area contributed by atoms with Crippen molar-refractivity contribution >= 4 is 29.6 Å². The van der Waals surface area contributed by atoms with Crippen molar-refractivity contribution in [3.8, 4) is 11.5 Å². The van der Waals surface area contributed by atoms with Crippen molar-refractivity contribution in [2.24, 2.45) is 0 Å². The molecule has 7 nitrogen and oxygen atoms in total. The van der Waals surface area contributed by atoms with E-state index in [1.54, 1.807) is 12.1 Å². The molecule has 1 saturated heterocycles. The topological polar surface area (TPSA) is 84.9 Å². The Bertz CT molecular complexity index is 1060. The molecule has 0 aromatic heterocycles. The predicted molar refractivity (Wildman–Crippen MR) is 100.0 cm³/mol. The first-order valence-corrected chi connectivity index (χ1v) is 8.46. The Balaban J connectivity index is 2.02. The molecule has 0 spiro atoms. The number of hydrogen-bond acceptors (Lipinski definition) is 5. The van der Waals surface area contributed by atoms with Crippen molar-refractivity contribution in [2.45, 2.75) is 6.18 Å². The highest BCUT2D eigenvalue weighted by atomic mass is 19.4. The maximum atomic E-state index is 13.0. The molecule has 0 radical (unpaired) electrons. The van der Waals surface area contributed by atoms with Crippen LogP contribution >= 0.6 is 0 Å². The number of barbiturate groups is 1. The van der Waals surface area contributed by atoms with Crippen molar-refractivity contribution in [3.63, 3.8) is 0 Å². The minimum atomic E-state index is -4.67. The van der Waals surface area contributed by atoms with E-state index in [1.807, 2.05) is 5.32 Å². The average Bonchev–Trinajstić information content (AvgIpc) is 2.70. The molecule has 1 N–H and O–H groups in total. The Hall–Kier alpha value is -3.82. The summed E-state index contributed by atoms with van der Waals surface area (Å²) >= 11 is 0. The molecule has 1 fully saturated rings. The van der Waals surface area contributed by atoms with Crippen molar-refractivity contribution in [3.05, 3.63) is 59.2 Å². The number of carbonyl (C=O) groups excluding carboxylic acids is 3. The fourth-order valence-corrected chi connectivity index (χ4v) is 2.82. The molecule has 1 aliphatic heterocycles. The Morgan fingerprint density at radius 1 is 0.967 bits per heavy atom. The van der Waals surface area contributed by atoms with Gasteiger partial charge in [0.2, 0.25) is 0 Å². The van der Waals surface area contributed by atoms with E-state index in [0.717, 1.165) is 18.2 Å². The average molecular weight is 420 g/mol. The first-order valence-electron chi connectivity index (χ1n) is 8.46. The number of methoxy groups -OCH3 is 2. The van der Waals surface area contributed by atoms with Gasteiger partial charge >= 0.3 is 12.2 Å². The highest BCUT2D eigenvalue weighted by Crippen LogP contribution is 2.33. The van der Waals surface area contributed by atoms with Crippen LogP contribution in [0.1, 0.15) is 11.1 Å². The number of imide groups is 2. The number of amides is 4. The second-order valence-electron chi connectivity index (χ2n) is 6.12. The summed E-state index contributed by atoms with van der Waals surface area (Å²) < 4.78 is 49.3. The summed E-state index contributed by atoms with van der Waals surface area (Å²) in [5.41, 5.74) is -1.41. The molecule has 1 aliphatic rings. The van der Waals surface area contributed by atoms with E-state index >= 15 is 0 Å². The normalized spacial score (nSPS) is 16.0. The number of hydrogen-bond donors (Lipinski definition) is 1. The van der Waals surface area contributed by atoms with Crippen LogP contribution in [0, 0.1) is 0 Å². The number of rotatable bonds is 4. The summed E-state index contributed by atoms with van der Waals surface area (Å²) in [6, 6.07) is 7.13. The SMILES string of the molecule is COc1ccc(C=C2C(=O)NC(=O)N(c3cccc(C(F)(F)F)c3)C2=O)cc1OC. The summed E-state index contributed by atoms with van der Waals surface area (Å²) in [5.74, 6) is -1.28. The minimum absolute atomic E-state index is 0.321. The smallest absolute Gasteiger partial charge is 0.416 e. The highest BCUT2D eigenvalue weighted by molar-refractivity contribution is 6.39. The second kappa shape index (κ2) is 7.90. The van der Waals surface area contributed by atoms with Gasteiger partial charge in [0.15, 0.2) is 11.5 Å². The van der Waals surface area contributed by atoms with Crippen LogP contribution in [0.4, 0.5) is 23.7 Å². The molecule has 156 valence electrons. The van der Waals surface area contributed by atoms with Crippen molar-refractivity contribution in [2.75, 3.05) is 19.1 Å². The summed E-state index contributed by atoms with van der Waals surface area (Å²) in [4.78, 5) is 37.7. The number of urea groups is 1. The lowest BCUT2D eigenvalue weighted by molar-refractivity contribution is -0.137. The molecule has 0 atom stereocenters. The van der Waals surface area contributed by atoms with E-state index in [0.29, 0.717) is 28.0 Å². The Labute approximate surface area is 168 Å². The zero-order valence-corrected chi connectivity index (χ0v) is 15.7. The standard InChI is InChI=1S/C20H15F3N2O5/c1-29-15-7-6-11(9-16(15)30-2)8-14-17(26)24-19(28)25(18(14)27)13-5-3-4-12(10-13)20(21,22)23/h3-10H,1-2H3,(H,24,26,28). The third-order valence-electron chi connectivity index (χ3n) is 4.25. The lowest BCUT2D eigenvalue weighted by Gasteiger charge is -2.26. The van der Waals surface area contributed by atoms with Gasteiger partial charge in [0.1, 0.15) is 5.57 Å². The van der Waals surface area contributed by atoms with Gasteiger partial charge in [0.25, 0.3) is 11.8 Å². The predicted octanol–water partition coefficient (Wildman–Crippen LogP) is 3.39. The summed E-state index contributed by atoms with van der Waals surface area (Å²) in [7, 11) is 2.84. The fraction of sp³-hybridized carbons (Fsp3) is 0.150. The molecule has 0 saturated carbocycles.